The molecule has 1 saturated heterocycles. The van der Waals surface area contributed by atoms with Crippen LogP contribution in [0.25, 0.3) is 0 Å². The normalized spacial score (nSPS) is 18.3. The van der Waals surface area contributed by atoms with Gasteiger partial charge in [-0.1, -0.05) is 19.9 Å². The highest BCUT2D eigenvalue weighted by molar-refractivity contribution is 5.37. The maximum atomic E-state index is 13.5. The van der Waals surface area contributed by atoms with Gasteiger partial charge in [0.15, 0.2) is 0 Å². The van der Waals surface area contributed by atoms with Crippen LogP contribution >= 0.6 is 0 Å². The molecular formula is C18H24F6N2. The third kappa shape index (κ3) is 5.36. The molecule has 26 heavy (non-hydrogen) atoms. The lowest BCUT2D eigenvalue weighted by Crippen LogP contribution is -2.45. The van der Waals surface area contributed by atoms with Crippen molar-refractivity contribution in [2.45, 2.75) is 45.1 Å². The third-order valence-electron chi connectivity index (χ3n) is 4.65. The van der Waals surface area contributed by atoms with Crippen LogP contribution in [0.15, 0.2) is 18.2 Å². The summed E-state index contributed by atoms with van der Waals surface area (Å²) in [6.07, 6.45) is -8.46. The van der Waals surface area contributed by atoms with Crippen LogP contribution in [0, 0.1) is 5.92 Å². The number of rotatable bonds is 5. The third-order valence-corrected chi connectivity index (χ3v) is 4.65. The Morgan fingerprint density at radius 2 is 1.58 bits per heavy atom. The first-order valence-electron chi connectivity index (χ1n) is 8.73. The number of piperazine rings is 1. The van der Waals surface area contributed by atoms with Gasteiger partial charge in [-0.25, -0.2) is 0 Å². The summed E-state index contributed by atoms with van der Waals surface area (Å²) in [5.41, 5.74) is -2.51. The van der Waals surface area contributed by atoms with Crippen molar-refractivity contribution in [1.82, 2.24) is 10.2 Å². The zero-order chi connectivity index (χ0) is 19.5. The van der Waals surface area contributed by atoms with Gasteiger partial charge in [0, 0.05) is 32.2 Å². The summed E-state index contributed by atoms with van der Waals surface area (Å²) in [5, 5.41) is 3.15. The maximum absolute atomic E-state index is 13.5. The largest absolute Gasteiger partial charge is 0.416 e. The number of nitrogens with one attached hydrogen (secondary N) is 1. The van der Waals surface area contributed by atoms with E-state index in [1.165, 1.54) is 0 Å². The average molecular weight is 382 g/mol. The molecule has 0 bridgehead atoms. The maximum Gasteiger partial charge on any atom is 0.416 e. The highest BCUT2D eigenvalue weighted by atomic mass is 19.4. The molecule has 0 amide bonds. The SMILES string of the molecule is CC(C)CC[C@H](c1ccc(C(F)(F)F)cc1C(F)(F)F)N1CCNCC1. The van der Waals surface area contributed by atoms with E-state index >= 15 is 0 Å². The van der Waals surface area contributed by atoms with Gasteiger partial charge in [-0.05, 0) is 36.5 Å². The minimum Gasteiger partial charge on any atom is -0.314 e. The molecule has 2 rings (SSSR count). The van der Waals surface area contributed by atoms with E-state index in [1.54, 1.807) is 0 Å². The second-order valence-electron chi connectivity index (χ2n) is 7.07. The fraction of sp³-hybridized carbons (Fsp3) is 0.667. The smallest absolute Gasteiger partial charge is 0.314 e. The van der Waals surface area contributed by atoms with Crippen LogP contribution in [-0.2, 0) is 12.4 Å². The van der Waals surface area contributed by atoms with E-state index in [0.29, 0.717) is 44.9 Å². The average Bonchev–Trinajstić information content (AvgIpc) is 2.54. The van der Waals surface area contributed by atoms with Gasteiger partial charge in [-0.3, -0.25) is 4.90 Å². The predicted octanol–water partition coefficient (Wildman–Crippen LogP) is 5.11. The van der Waals surface area contributed by atoms with Gasteiger partial charge in [-0.2, -0.15) is 26.3 Å². The fourth-order valence-corrected chi connectivity index (χ4v) is 3.29. The lowest BCUT2D eigenvalue weighted by Gasteiger charge is -2.37. The Morgan fingerprint density at radius 1 is 0.962 bits per heavy atom. The molecule has 2 nitrogen and oxygen atoms in total. The predicted molar refractivity (Wildman–Crippen MR) is 87.7 cm³/mol. The highest BCUT2D eigenvalue weighted by Gasteiger charge is 2.40. The van der Waals surface area contributed by atoms with E-state index in [4.69, 9.17) is 0 Å². The Balaban J connectivity index is 2.47. The summed E-state index contributed by atoms with van der Waals surface area (Å²) >= 11 is 0. The van der Waals surface area contributed by atoms with E-state index in [-0.39, 0.29) is 11.6 Å². The Kier molecular flexibility index (Phi) is 6.60. The number of benzene rings is 1. The molecule has 0 aromatic heterocycles. The minimum atomic E-state index is -4.83. The van der Waals surface area contributed by atoms with Crippen molar-refractivity contribution in [1.29, 1.82) is 0 Å². The zero-order valence-corrected chi connectivity index (χ0v) is 14.8. The van der Waals surface area contributed by atoms with Crippen molar-refractivity contribution < 1.29 is 26.3 Å². The lowest BCUT2D eigenvalue weighted by molar-refractivity contribution is -0.143. The van der Waals surface area contributed by atoms with Crippen molar-refractivity contribution in [3.63, 3.8) is 0 Å². The number of alkyl halides is 6. The first-order chi connectivity index (χ1) is 12.0. The van der Waals surface area contributed by atoms with Crippen molar-refractivity contribution in [3.05, 3.63) is 34.9 Å². The van der Waals surface area contributed by atoms with Gasteiger partial charge in [0.25, 0.3) is 0 Å². The molecule has 0 aliphatic carbocycles. The first kappa shape index (κ1) is 21.0. The number of hydrogen-bond acceptors (Lipinski definition) is 2. The molecule has 8 heteroatoms. The number of nitrogens with zero attached hydrogens (tertiary/aromatic N) is 1. The molecule has 1 aromatic carbocycles. The molecule has 1 fully saturated rings. The molecule has 0 saturated carbocycles. The van der Waals surface area contributed by atoms with Crippen molar-refractivity contribution >= 4 is 0 Å². The van der Waals surface area contributed by atoms with Gasteiger partial charge >= 0.3 is 12.4 Å². The molecule has 1 aromatic rings. The molecule has 1 N–H and O–H groups in total. The minimum absolute atomic E-state index is 0.0620. The van der Waals surface area contributed by atoms with Crippen LogP contribution in [0.4, 0.5) is 26.3 Å². The Morgan fingerprint density at radius 3 is 2.08 bits per heavy atom. The molecule has 0 radical (unpaired) electrons. The molecule has 1 aliphatic heterocycles. The van der Waals surface area contributed by atoms with E-state index < -0.39 is 29.5 Å². The summed E-state index contributed by atoms with van der Waals surface area (Å²) in [5.74, 6) is 0.296. The number of halogens is 6. The second kappa shape index (κ2) is 8.17. The van der Waals surface area contributed by atoms with E-state index in [9.17, 15) is 26.3 Å². The molecule has 1 atom stereocenters. The van der Waals surface area contributed by atoms with E-state index in [2.05, 4.69) is 5.32 Å². The Bertz CT molecular complexity index is 588. The van der Waals surface area contributed by atoms with E-state index in [0.717, 1.165) is 12.1 Å². The first-order valence-corrected chi connectivity index (χ1v) is 8.73. The zero-order valence-electron chi connectivity index (χ0n) is 14.8. The molecule has 1 heterocycles. The fourth-order valence-electron chi connectivity index (χ4n) is 3.29. The van der Waals surface area contributed by atoms with Crippen LogP contribution in [0.2, 0.25) is 0 Å². The quantitative estimate of drug-likeness (QED) is 0.713. The standard InChI is InChI=1S/C18H24F6N2/c1-12(2)3-6-16(26-9-7-25-8-10-26)14-5-4-13(17(19,20)21)11-15(14)18(22,23)24/h4-5,11-12,16,25H,3,6-10H2,1-2H3/t16-/m1/s1. The molecule has 148 valence electrons. The van der Waals surface area contributed by atoms with Crippen molar-refractivity contribution in [3.8, 4) is 0 Å². The summed E-state index contributed by atoms with van der Waals surface area (Å²) in [7, 11) is 0. The monoisotopic (exact) mass is 382 g/mol. The van der Waals surface area contributed by atoms with Crippen molar-refractivity contribution in [2.75, 3.05) is 26.2 Å². The lowest BCUT2D eigenvalue weighted by atomic mass is 9.91. The summed E-state index contributed by atoms with van der Waals surface area (Å²) < 4.78 is 79.4. The molecule has 0 unspecified atom stereocenters. The Labute approximate surface area is 149 Å². The van der Waals surface area contributed by atoms with Gasteiger partial charge in [0.1, 0.15) is 0 Å². The van der Waals surface area contributed by atoms with Crippen LogP contribution in [0.3, 0.4) is 0 Å². The van der Waals surface area contributed by atoms with Crippen LogP contribution in [0.5, 0.6) is 0 Å². The van der Waals surface area contributed by atoms with Crippen LogP contribution in [0.1, 0.15) is 49.4 Å². The Hall–Kier alpha value is -1.28. The van der Waals surface area contributed by atoms with Gasteiger partial charge in [0.2, 0.25) is 0 Å². The summed E-state index contributed by atoms with van der Waals surface area (Å²) in [6.45, 7) is 6.40. The molecule has 1 aliphatic rings. The topological polar surface area (TPSA) is 15.3 Å². The molecule has 0 spiro atoms. The van der Waals surface area contributed by atoms with Crippen LogP contribution in [-0.4, -0.2) is 31.1 Å². The van der Waals surface area contributed by atoms with Crippen molar-refractivity contribution in [2.24, 2.45) is 5.92 Å². The van der Waals surface area contributed by atoms with Gasteiger partial charge in [-0.15, -0.1) is 0 Å². The van der Waals surface area contributed by atoms with Gasteiger partial charge in [0.05, 0.1) is 11.1 Å². The van der Waals surface area contributed by atoms with E-state index in [1.807, 2.05) is 18.7 Å². The molecular weight excluding hydrogens is 358 g/mol. The van der Waals surface area contributed by atoms with Crippen LogP contribution < -0.4 is 5.32 Å². The summed E-state index contributed by atoms with van der Waals surface area (Å²) in [6, 6.07) is 1.48. The van der Waals surface area contributed by atoms with Gasteiger partial charge < -0.3 is 5.32 Å². The highest BCUT2D eigenvalue weighted by Crippen LogP contribution is 2.41. The summed E-state index contributed by atoms with van der Waals surface area (Å²) in [4.78, 5) is 1.94. The second-order valence-corrected chi connectivity index (χ2v) is 7.07. The number of hydrogen-bond donors (Lipinski definition) is 1.